The van der Waals surface area contributed by atoms with E-state index in [9.17, 15) is 4.79 Å². The average Bonchev–Trinajstić information content (AvgIpc) is 2.77. The van der Waals surface area contributed by atoms with E-state index in [0.29, 0.717) is 18.0 Å². The fraction of sp³-hybridized carbons (Fsp3) is 0.944. The number of carboxylic acid groups (broad SMARTS) is 1. The normalized spacial score (nSPS) is 29.2. The molecule has 2 aliphatic rings. The van der Waals surface area contributed by atoms with Crippen LogP contribution in [0.1, 0.15) is 65.2 Å². The van der Waals surface area contributed by atoms with Gasteiger partial charge in [-0.15, -0.1) is 0 Å². The molecule has 1 aliphatic heterocycles. The predicted molar refractivity (Wildman–Crippen MR) is 90.1 cm³/mol. The molecule has 0 aromatic carbocycles. The fourth-order valence-electron chi connectivity index (χ4n) is 4.05. The molecule has 2 rings (SSSR count). The van der Waals surface area contributed by atoms with Gasteiger partial charge in [-0.25, -0.2) is 0 Å². The molecule has 1 saturated heterocycles. The van der Waals surface area contributed by atoms with Crippen LogP contribution in [0.2, 0.25) is 0 Å². The molecule has 0 spiro atoms. The minimum Gasteiger partial charge on any atom is -0.481 e. The molecule has 0 bridgehead atoms. The standard InChI is InChI=1S/C18H34N2O2/c1-14(2)17(20-11-5-3-4-6-12-20)13-19-16-9-7-15(8-10-16)18(21)22/h14-17,19H,3-13H2,1-2H3,(H,21,22). The summed E-state index contributed by atoms with van der Waals surface area (Å²) in [5.41, 5.74) is 0. The molecule has 4 heteroatoms. The van der Waals surface area contributed by atoms with Gasteiger partial charge in [0.05, 0.1) is 5.92 Å². The van der Waals surface area contributed by atoms with Crippen molar-refractivity contribution >= 4 is 5.97 Å². The number of hydrogen-bond acceptors (Lipinski definition) is 3. The lowest BCUT2D eigenvalue weighted by atomic mass is 9.86. The highest BCUT2D eigenvalue weighted by molar-refractivity contribution is 5.70. The second-order valence-electron chi connectivity index (χ2n) is 7.56. The maximum atomic E-state index is 11.0. The summed E-state index contributed by atoms with van der Waals surface area (Å²) in [4.78, 5) is 13.7. The summed E-state index contributed by atoms with van der Waals surface area (Å²) in [5, 5.41) is 12.8. The Labute approximate surface area is 135 Å². The lowest BCUT2D eigenvalue weighted by molar-refractivity contribution is -0.142. The number of nitrogens with zero attached hydrogens (tertiary/aromatic N) is 1. The van der Waals surface area contributed by atoms with Crippen LogP contribution >= 0.6 is 0 Å². The van der Waals surface area contributed by atoms with Crippen LogP contribution in [0, 0.1) is 11.8 Å². The topological polar surface area (TPSA) is 52.6 Å². The third-order valence-corrected chi connectivity index (χ3v) is 5.57. The van der Waals surface area contributed by atoms with Gasteiger partial charge in [0.25, 0.3) is 0 Å². The molecular formula is C18H34N2O2. The summed E-state index contributed by atoms with van der Waals surface area (Å²) < 4.78 is 0. The summed E-state index contributed by atoms with van der Waals surface area (Å²) in [7, 11) is 0. The van der Waals surface area contributed by atoms with Crippen molar-refractivity contribution in [1.82, 2.24) is 10.2 Å². The first-order valence-corrected chi connectivity index (χ1v) is 9.28. The highest BCUT2D eigenvalue weighted by atomic mass is 16.4. The van der Waals surface area contributed by atoms with Gasteiger partial charge < -0.3 is 10.4 Å². The van der Waals surface area contributed by atoms with Gasteiger partial charge in [0, 0.05) is 18.6 Å². The van der Waals surface area contributed by atoms with Crippen molar-refractivity contribution < 1.29 is 9.90 Å². The molecule has 0 aromatic heterocycles. The zero-order chi connectivity index (χ0) is 15.9. The number of rotatable bonds is 6. The van der Waals surface area contributed by atoms with Gasteiger partial charge in [-0.3, -0.25) is 9.69 Å². The van der Waals surface area contributed by atoms with Crippen molar-refractivity contribution in [2.75, 3.05) is 19.6 Å². The smallest absolute Gasteiger partial charge is 0.306 e. The van der Waals surface area contributed by atoms with E-state index in [0.717, 1.165) is 32.2 Å². The summed E-state index contributed by atoms with van der Waals surface area (Å²) in [6.07, 6.45) is 9.15. The zero-order valence-electron chi connectivity index (χ0n) is 14.4. The van der Waals surface area contributed by atoms with Crippen molar-refractivity contribution in [3.05, 3.63) is 0 Å². The first kappa shape index (κ1) is 17.7. The number of nitrogens with one attached hydrogen (secondary N) is 1. The Kier molecular flexibility index (Phi) is 7.16. The van der Waals surface area contributed by atoms with Crippen molar-refractivity contribution in [3.63, 3.8) is 0 Å². The van der Waals surface area contributed by atoms with Crippen LogP contribution in [0.5, 0.6) is 0 Å². The molecule has 0 amide bonds. The summed E-state index contributed by atoms with van der Waals surface area (Å²) in [5.74, 6) is -0.0476. The van der Waals surface area contributed by atoms with Crippen LogP contribution in [0.3, 0.4) is 0 Å². The maximum absolute atomic E-state index is 11.0. The van der Waals surface area contributed by atoms with Gasteiger partial charge in [0.1, 0.15) is 0 Å². The Morgan fingerprint density at radius 3 is 2.18 bits per heavy atom. The molecule has 1 heterocycles. The Balaban J connectivity index is 1.78. The highest BCUT2D eigenvalue weighted by Gasteiger charge is 2.28. The van der Waals surface area contributed by atoms with E-state index < -0.39 is 5.97 Å². The van der Waals surface area contributed by atoms with E-state index in [1.165, 1.54) is 38.8 Å². The quantitative estimate of drug-likeness (QED) is 0.791. The lowest BCUT2D eigenvalue weighted by Gasteiger charge is -2.36. The first-order chi connectivity index (χ1) is 10.6. The van der Waals surface area contributed by atoms with Gasteiger partial charge in [-0.05, 0) is 57.5 Å². The SMILES string of the molecule is CC(C)C(CNC1CCC(C(=O)O)CC1)N1CCCCCC1. The van der Waals surface area contributed by atoms with Gasteiger partial charge in [0.2, 0.25) is 0 Å². The third kappa shape index (κ3) is 5.24. The van der Waals surface area contributed by atoms with Crippen LogP contribution in [0.25, 0.3) is 0 Å². The number of carboxylic acids is 1. The Hall–Kier alpha value is -0.610. The van der Waals surface area contributed by atoms with Crippen LogP contribution in [-0.2, 0) is 4.79 Å². The van der Waals surface area contributed by atoms with E-state index in [1.54, 1.807) is 0 Å². The maximum Gasteiger partial charge on any atom is 0.306 e. The van der Waals surface area contributed by atoms with Crippen molar-refractivity contribution in [3.8, 4) is 0 Å². The Morgan fingerprint density at radius 1 is 1.09 bits per heavy atom. The van der Waals surface area contributed by atoms with E-state index in [4.69, 9.17) is 5.11 Å². The molecule has 4 nitrogen and oxygen atoms in total. The van der Waals surface area contributed by atoms with E-state index >= 15 is 0 Å². The summed E-state index contributed by atoms with van der Waals surface area (Å²) in [6, 6.07) is 1.14. The second kappa shape index (κ2) is 8.88. The molecular weight excluding hydrogens is 276 g/mol. The molecule has 2 fully saturated rings. The fourth-order valence-corrected chi connectivity index (χ4v) is 4.05. The number of carbonyl (C=O) groups is 1. The molecule has 1 aliphatic carbocycles. The van der Waals surface area contributed by atoms with Crippen LogP contribution < -0.4 is 5.32 Å². The minimum absolute atomic E-state index is 0.107. The molecule has 0 aromatic rings. The van der Waals surface area contributed by atoms with Crippen LogP contribution in [0.15, 0.2) is 0 Å². The number of hydrogen-bond donors (Lipinski definition) is 2. The van der Waals surface area contributed by atoms with Crippen LogP contribution in [0.4, 0.5) is 0 Å². The second-order valence-corrected chi connectivity index (χ2v) is 7.56. The molecule has 1 unspecified atom stereocenters. The molecule has 2 N–H and O–H groups in total. The van der Waals surface area contributed by atoms with Crippen molar-refractivity contribution in [1.29, 1.82) is 0 Å². The number of aliphatic carboxylic acids is 1. The largest absolute Gasteiger partial charge is 0.481 e. The van der Waals surface area contributed by atoms with Gasteiger partial charge in [0.15, 0.2) is 0 Å². The number of likely N-dealkylation sites (tertiary alicyclic amines) is 1. The Bertz CT molecular complexity index is 330. The first-order valence-electron chi connectivity index (χ1n) is 9.28. The van der Waals surface area contributed by atoms with Gasteiger partial charge >= 0.3 is 5.97 Å². The van der Waals surface area contributed by atoms with Gasteiger partial charge in [-0.2, -0.15) is 0 Å². The van der Waals surface area contributed by atoms with E-state index in [2.05, 4.69) is 24.1 Å². The lowest BCUT2D eigenvalue weighted by Crippen LogP contribution is -2.49. The highest BCUT2D eigenvalue weighted by Crippen LogP contribution is 2.25. The molecule has 0 radical (unpaired) electrons. The monoisotopic (exact) mass is 310 g/mol. The molecule has 1 atom stereocenters. The van der Waals surface area contributed by atoms with Crippen molar-refractivity contribution in [2.24, 2.45) is 11.8 Å². The summed E-state index contributed by atoms with van der Waals surface area (Å²) >= 11 is 0. The molecule has 22 heavy (non-hydrogen) atoms. The minimum atomic E-state index is -0.608. The van der Waals surface area contributed by atoms with E-state index in [1.807, 2.05) is 0 Å². The predicted octanol–water partition coefficient (Wildman–Crippen LogP) is 3.12. The van der Waals surface area contributed by atoms with E-state index in [-0.39, 0.29) is 5.92 Å². The average molecular weight is 310 g/mol. The third-order valence-electron chi connectivity index (χ3n) is 5.57. The van der Waals surface area contributed by atoms with Gasteiger partial charge in [-0.1, -0.05) is 26.7 Å². The molecule has 1 saturated carbocycles. The molecule has 128 valence electrons. The van der Waals surface area contributed by atoms with Crippen LogP contribution in [-0.4, -0.2) is 47.7 Å². The van der Waals surface area contributed by atoms with Crippen molar-refractivity contribution in [2.45, 2.75) is 77.3 Å². The Morgan fingerprint density at radius 2 is 1.68 bits per heavy atom. The summed E-state index contributed by atoms with van der Waals surface area (Å²) in [6.45, 7) is 8.21. The zero-order valence-corrected chi connectivity index (χ0v) is 14.4.